The van der Waals surface area contributed by atoms with Crippen LogP contribution in [0.5, 0.6) is 0 Å². The summed E-state index contributed by atoms with van der Waals surface area (Å²) < 4.78 is 11.2. The Morgan fingerprint density at radius 3 is 1.60 bits per heavy atom. The Morgan fingerprint density at radius 1 is 0.617 bits per heavy atom. The van der Waals surface area contributed by atoms with E-state index in [-0.39, 0.29) is 11.6 Å². The lowest BCUT2D eigenvalue weighted by atomic mass is 10.0. The van der Waals surface area contributed by atoms with E-state index < -0.39 is 0 Å². The predicted molar refractivity (Wildman–Crippen MR) is 200 cm³/mol. The van der Waals surface area contributed by atoms with Crippen molar-refractivity contribution >= 4 is 22.6 Å². The molecule has 0 amide bonds. The highest BCUT2D eigenvalue weighted by Gasteiger charge is 2.12. The van der Waals surface area contributed by atoms with Crippen LogP contribution in [-0.2, 0) is 4.74 Å². The third-order valence-electron chi connectivity index (χ3n) is 9.51. The van der Waals surface area contributed by atoms with Gasteiger partial charge in [0.15, 0.2) is 0 Å². The molecule has 0 aliphatic heterocycles. The Labute approximate surface area is 285 Å². The molecular formula is C42H63NO4. The van der Waals surface area contributed by atoms with Gasteiger partial charge in [-0.3, -0.25) is 0 Å². The molecule has 0 bridgehead atoms. The van der Waals surface area contributed by atoms with E-state index >= 15 is 0 Å². The maximum absolute atomic E-state index is 12.8. The van der Waals surface area contributed by atoms with E-state index in [4.69, 9.17) is 9.15 Å². The van der Waals surface area contributed by atoms with Gasteiger partial charge in [-0.2, -0.15) is 0 Å². The average Bonchev–Trinajstić information content (AvgIpc) is 3.09. The lowest BCUT2D eigenvalue weighted by Gasteiger charge is -2.21. The molecule has 260 valence electrons. The van der Waals surface area contributed by atoms with Gasteiger partial charge < -0.3 is 14.1 Å². The molecule has 0 spiro atoms. The number of anilines is 1. The molecule has 2 aromatic carbocycles. The van der Waals surface area contributed by atoms with Gasteiger partial charge in [-0.25, -0.2) is 9.59 Å². The second-order valence-electron chi connectivity index (χ2n) is 13.3. The van der Waals surface area contributed by atoms with Crippen LogP contribution < -0.4 is 10.5 Å². The van der Waals surface area contributed by atoms with Crippen LogP contribution >= 0.6 is 0 Å². The van der Waals surface area contributed by atoms with E-state index in [0.29, 0.717) is 23.3 Å². The molecule has 0 atom stereocenters. The summed E-state index contributed by atoms with van der Waals surface area (Å²) in [5.74, 6) is -0.316. The van der Waals surface area contributed by atoms with Crippen LogP contribution in [0.25, 0.3) is 22.1 Å². The quantitative estimate of drug-likeness (QED) is 0.0494. The van der Waals surface area contributed by atoms with Crippen molar-refractivity contribution in [3.63, 3.8) is 0 Å². The fraction of sp³-hybridized carbons (Fsp3) is 0.619. The van der Waals surface area contributed by atoms with Gasteiger partial charge in [0, 0.05) is 30.2 Å². The van der Waals surface area contributed by atoms with Crippen molar-refractivity contribution in [3.05, 3.63) is 64.5 Å². The molecule has 0 aliphatic carbocycles. The molecule has 47 heavy (non-hydrogen) atoms. The highest BCUT2D eigenvalue weighted by molar-refractivity contribution is 5.90. The maximum atomic E-state index is 12.8. The lowest BCUT2D eigenvalue weighted by molar-refractivity contribution is 0.0497. The number of esters is 1. The molecule has 0 saturated heterocycles. The summed E-state index contributed by atoms with van der Waals surface area (Å²) in [4.78, 5) is 27.6. The predicted octanol–water partition coefficient (Wildman–Crippen LogP) is 12.3. The van der Waals surface area contributed by atoms with Crippen molar-refractivity contribution in [2.45, 2.75) is 149 Å². The summed E-state index contributed by atoms with van der Waals surface area (Å²) in [5, 5.41) is 0.869. The molecule has 3 aromatic rings. The Morgan fingerprint density at radius 2 is 1.11 bits per heavy atom. The number of carbonyl (C=O) groups excluding carboxylic acids is 1. The smallest absolute Gasteiger partial charge is 0.344 e. The summed E-state index contributed by atoms with van der Waals surface area (Å²) >= 11 is 0. The van der Waals surface area contributed by atoms with Gasteiger partial charge in [-0.15, -0.1) is 0 Å². The first-order valence-electron chi connectivity index (χ1n) is 19.2. The van der Waals surface area contributed by atoms with Crippen molar-refractivity contribution in [1.29, 1.82) is 0 Å². The van der Waals surface area contributed by atoms with Crippen molar-refractivity contribution in [3.8, 4) is 11.1 Å². The summed E-state index contributed by atoms with van der Waals surface area (Å²) in [6.07, 6.45) is 27.0. The lowest BCUT2D eigenvalue weighted by Crippen LogP contribution is -2.21. The van der Waals surface area contributed by atoms with E-state index in [0.717, 1.165) is 42.6 Å². The van der Waals surface area contributed by atoms with Gasteiger partial charge >= 0.3 is 11.6 Å². The van der Waals surface area contributed by atoms with Crippen LogP contribution in [0.3, 0.4) is 0 Å². The van der Waals surface area contributed by atoms with Crippen LogP contribution in [0.2, 0.25) is 0 Å². The first kappa shape index (κ1) is 38.4. The minimum absolute atomic E-state index is 0.316. The van der Waals surface area contributed by atoms with E-state index in [1.807, 2.05) is 18.2 Å². The number of unbranched alkanes of at least 4 members (excludes halogenated alkanes) is 19. The maximum Gasteiger partial charge on any atom is 0.344 e. The number of rotatable bonds is 26. The van der Waals surface area contributed by atoms with Gasteiger partial charge in [0.25, 0.3) is 0 Å². The second-order valence-corrected chi connectivity index (χ2v) is 13.3. The monoisotopic (exact) mass is 645 g/mol. The Bertz CT molecular complexity index is 1320. The Balaban J connectivity index is 1.21. The fourth-order valence-electron chi connectivity index (χ4n) is 6.48. The van der Waals surface area contributed by atoms with Crippen LogP contribution in [-0.4, -0.2) is 25.7 Å². The minimum atomic E-state index is -0.385. The highest BCUT2D eigenvalue weighted by Crippen LogP contribution is 2.26. The zero-order chi connectivity index (χ0) is 33.5. The summed E-state index contributed by atoms with van der Waals surface area (Å²) in [5.41, 5.74) is 2.93. The second kappa shape index (κ2) is 23.3. The average molecular weight is 646 g/mol. The summed E-state index contributed by atoms with van der Waals surface area (Å²) in [7, 11) is 0. The van der Waals surface area contributed by atoms with E-state index in [9.17, 15) is 9.59 Å². The Kier molecular flexibility index (Phi) is 19.0. The first-order valence-corrected chi connectivity index (χ1v) is 19.2. The Hall–Kier alpha value is -3.08. The van der Waals surface area contributed by atoms with Crippen molar-refractivity contribution < 1.29 is 13.9 Å². The number of ether oxygens (including phenoxy) is 1. The van der Waals surface area contributed by atoms with Gasteiger partial charge in [-0.1, -0.05) is 141 Å². The van der Waals surface area contributed by atoms with Gasteiger partial charge in [0.05, 0.1) is 17.7 Å². The van der Waals surface area contributed by atoms with Crippen molar-refractivity contribution in [2.24, 2.45) is 0 Å². The fourth-order valence-corrected chi connectivity index (χ4v) is 6.48. The number of fused-ring (bicyclic) bond motifs is 1. The molecule has 1 heterocycles. The number of carbonyl (C=O) groups is 1. The highest BCUT2D eigenvalue weighted by atomic mass is 16.5. The minimum Gasteiger partial charge on any atom is -0.462 e. The number of hydrogen-bond donors (Lipinski definition) is 0. The van der Waals surface area contributed by atoms with Crippen LogP contribution in [0, 0.1) is 0 Å². The van der Waals surface area contributed by atoms with E-state index in [1.165, 1.54) is 116 Å². The molecular weight excluding hydrogens is 582 g/mol. The zero-order valence-corrected chi connectivity index (χ0v) is 30.0. The van der Waals surface area contributed by atoms with Crippen molar-refractivity contribution in [1.82, 2.24) is 0 Å². The van der Waals surface area contributed by atoms with Crippen LogP contribution in [0.15, 0.2) is 57.7 Å². The van der Waals surface area contributed by atoms with E-state index in [2.05, 4.69) is 31.7 Å². The number of hydrogen-bond acceptors (Lipinski definition) is 5. The topological polar surface area (TPSA) is 59.8 Å². The molecule has 0 N–H and O–H groups in total. The molecule has 0 saturated carbocycles. The molecule has 0 fully saturated rings. The molecule has 5 nitrogen and oxygen atoms in total. The van der Waals surface area contributed by atoms with Crippen LogP contribution in [0.1, 0.15) is 160 Å². The van der Waals surface area contributed by atoms with Gasteiger partial charge in [0.1, 0.15) is 5.58 Å². The summed E-state index contributed by atoms with van der Waals surface area (Å²) in [6.45, 7) is 8.72. The zero-order valence-electron chi connectivity index (χ0n) is 30.0. The third kappa shape index (κ3) is 14.3. The first-order chi connectivity index (χ1) is 23.1. The van der Waals surface area contributed by atoms with Crippen molar-refractivity contribution in [2.75, 3.05) is 24.6 Å². The molecule has 3 rings (SSSR count). The number of nitrogens with zero attached hydrogens (tertiary/aromatic N) is 1. The van der Waals surface area contributed by atoms with Gasteiger partial charge in [0.2, 0.25) is 0 Å². The molecule has 0 unspecified atom stereocenters. The van der Waals surface area contributed by atoms with Crippen LogP contribution in [0.4, 0.5) is 5.69 Å². The normalized spacial score (nSPS) is 11.3. The molecule has 1 aromatic heterocycles. The molecule has 5 heteroatoms. The van der Waals surface area contributed by atoms with E-state index in [1.54, 1.807) is 24.3 Å². The number of benzene rings is 2. The van der Waals surface area contributed by atoms with Gasteiger partial charge in [-0.05, 0) is 56.2 Å². The summed E-state index contributed by atoms with van der Waals surface area (Å²) in [6, 6.07) is 14.9. The standard InChI is InChI=1S/C42H63NO4/c1-4-7-8-9-10-11-12-13-14-15-16-17-18-19-20-21-22-23-24-25-32-46-41(44)36-28-26-35(27-29-36)39-33-37-30-31-38(43(5-2)6-3)34-40(37)47-42(39)45/h26-31,33-34H,4-25,32H2,1-3H3. The largest absolute Gasteiger partial charge is 0.462 e. The third-order valence-corrected chi connectivity index (χ3v) is 9.51. The molecule has 0 radical (unpaired) electrons. The SMILES string of the molecule is CCCCCCCCCCCCCCCCCCCCCCOC(=O)c1ccc(-c2cc3ccc(N(CC)CC)cc3oc2=O)cc1. The molecule has 0 aliphatic rings.